The van der Waals surface area contributed by atoms with E-state index in [2.05, 4.69) is 22.4 Å². The summed E-state index contributed by atoms with van der Waals surface area (Å²) in [5, 5.41) is 3.61. The van der Waals surface area contributed by atoms with Gasteiger partial charge in [-0.25, -0.2) is 4.98 Å². The van der Waals surface area contributed by atoms with Crippen molar-refractivity contribution in [3.05, 3.63) is 101 Å². The molecule has 4 rings (SSSR count). The van der Waals surface area contributed by atoms with Gasteiger partial charge in [0.25, 0.3) is 5.56 Å². The van der Waals surface area contributed by atoms with Crippen LogP contribution in [-0.4, -0.2) is 29.7 Å². The van der Waals surface area contributed by atoms with Gasteiger partial charge in [-0.3, -0.25) is 14.2 Å². The lowest BCUT2D eigenvalue weighted by Crippen LogP contribution is -2.30. The molecule has 1 N–H and O–H groups in total. The fraction of sp³-hybridized carbons (Fsp3) is 0.250. The molecule has 7 nitrogen and oxygen atoms in total. The number of fused-ring (bicyclic) bond motifs is 1. The molecular weight excluding hydrogens is 442 g/mol. The van der Waals surface area contributed by atoms with E-state index in [4.69, 9.17) is 9.47 Å². The highest BCUT2D eigenvalue weighted by Gasteiger charge is 2.16. The predicted octanol–water partition coefficient (Wildman–Crippen LogP) is 4.29. The minimum Gasteiger partial charge on any atom is -0.493 e. The van der Waals surface area contributed by atoms with Gasteiger partial charge in [-0.15, -0.1) is 0 Å². The Hall–Kier alpha value is -4.13. The molecule has 4 aromatic rings. The highest BCUT2D eigenvalue weighted by atomic mass is 16.5. The maximum Gasteiger partial charge on any atom is 0.261 e. The number of hydrogen-bond donors (Lipinski definition) is 1. The van der Waals surface area contributed by atoms with E-state index in [9.17, 15) is 9.59 Å². The molecule has 0 radical (unpaired) electrons. The van der Waals surface area contributed by atoms with Gasteiger partial charge in [0.1, 0.15) is 0 Å². The van der Waals surface area contributed by atoms with Crippen molar-refractivity contribution in [2.45, 2.75) is 31.8 Å². The molecule has 1 atom stereocenters. The van der Waals surface area contributed by atoms with Crippen molar-refractivity contribution in [3.8, 4) is 11.5 Å². The topological polar surface area (TPSA) is 82.5 Å². The zero-order chi connectivity index (χ0) is 24.6. The number of amides is 1. The van der Waals surface area contributed by atoms with Gasteiger partial charge in [0.15, 0.2) is 11.5 Å². The van der Waals surface area contributed by atoms with Crippen molar-refractivity contribution < 1.29 is 14.3 Å². The average molecular weight is 472 g/mol. The highest BCUT2D eigenvalue weighted by molar-refractivity contribution is 5.81. The molecule has 0 aliphatic rings. The molecule has 0 spiro atoms. The minimum absolute atomic E-state index is 0.0528. The Balaban J connectivity index is 1.42. The molecule has 35 heavy (non-hydrogen) atoms. The molecule has 3 aromatic carbocycles. The number of rotatable bonds is 10. The van der Waals surface area contributed by atoms with E-state index in [1.54, 1.807) is 12.1 Å². The van der Waals surface area contributed by atoms with Crippen LogP contribution < -0.4 is 20.3 Å². The number of methoxy groups -OCH3 is 2. The number of aromatic nitrogens is 2. The Kier molecular flexibility index (Phi) is 7.77. The molecule has 1 amide bonds. The Bertz CT molecular complexity index is 1340. The summed E-state index contributed by atoms with van der Waals surface area (Å²) in [5.74, 6) is 0.939. The maximum atomic E-state index is 13.0. The number of benzene rings is 3. The minimum atomic E-state index is -0.178. The van der Waals surface area contributed by atoms with Gasteiger partial charge in [0.05, 0.1) is 37.5 Å². The second-order valence-electron chi connectivity index (χ2n) is 8.29. The lowest BCUT2D eigenvalue weighted by Gasteiger charge is -2.20. The molecule has 0 saturated heterocycles. The van der Waals surface area contributed by atoms with Crippen LogP contribution in [0.15, 0.2) is 83.9 Å². The average Bonchev–Trinajstić information content (AvgIpc) is 2.90. The maximum absolute atomic E-state index is 13.0. The summed E-state index contributed by atoms with van der Waals surface area (Å²) in [7, 11) is 3.07. The van der Waals surface area contributed by atoms with Crippen LogP contribution in [0.4, 0.5) is 0 Å². The van der Waals surface area contributed by atoms with Crippen LogP contribution >= 0.6 is 0 Å². The van der Waals surface area contributed by atoms with Crippen LogP contribution in [0.5, 0.6) is 11.5 Å². The highest BCUT2D eigenvalue weighted by Crippen LogP contribution is 2.29. The van der Waals surface area contributed by atoms with Gasteiger partial charge >= 0.3 is 0 Å². The Labute approximate surface area is 204 Å². The fourth-order valence-electron chi connectivity index (χ4n) is 4.11. The van der Waals surface area contributed by atoms with Crippen LogP contribution in [0.25, 0.3) is 10.9 Å². The Morgan fingerprint density at radius 1 is 0.971 bits per heavy atom. The molecule has 1 unspecified atom stereocenters. The summed E-state index contributed by atoms with van der Waals surface area (Å²) in [6.45, 7) is 0.387. The third-order valence-corrected chi connectivity index (χ3v) is 5.95. The van der Waals surface area contributed by atoms with Crippen LogP contribution in [-0.2, 0) is 17.8 Å². The normalized spacial score (nSPS) is 11.7. The van der Waals surface area contributed by atoms with Crippen molar-refractivity contribution in [2.75, 3.05) is 14.2 Å². The van der Waals surface area contributed by atoms with Crippen molar-refractivity contribution in [1.29, 1.82) is 0 Å². The molecule has 7 heteroatoms. The van der Waals surface area contributed by atoms with Crippen LogP contribution in [0.3, 0.4) is 0 Å². The number of carbonyl (C=O) groups excluding carboxylic acids is 1. The van der Waals surface area contributed by atoms with Gasteiger partial charge in [-0.1, -0.05) is 60.7 Å². The summed E-state index contributed by atoms with van der Waals surface area (Å²) in [6, 6.07) is 23.3. The fourth-order valence-corrected chi connectivity index (χ4v) is 4.11. The monoisotopic (exact) mass is 471 g/mol. The number of nitrogens with one attached hydrogen (secondary N) is 1. The van der Waals surface area contributed by atoms with Gasteiger partial charge in [0.2, 0.25) is 5.91 Å². The third-order valence-electron chi connectivity index (χ3n) is 5.95. The van der Waals surface area contributed by atoms with E-state index in [0.29, 0.717) is 48.2 Å². The van der Waals surface area contributed by atoms with Gasteiger partial charge < -0.3 is 14.8 Å². The number of carbonyl (C=O) groups is 1. The smallest absolute Gasteiger partial charge is 0.261 e. The zero-order valence-corrected chi connectivity index (χ0v) is 19.9. The summed E-state index contributed by atoms with van der Waals surface area (Å²) in [6.07, 6.45) is 3.03. The zero-order valence-electron chi connectivity index (χ0n) is 19.9. The number of nitrogens with zero attached hydrogens (tertiary/aromatic N) is 2. The summed E-state index contributed by atoms with van der Waals surface area (Å²) in [4.78, 5) is 30.2. The lowest BCUT2D eigenvalue weighted by atomic mass is 9.98. The number of aryl methyl sites for hydroxylation is 1. The van der Waals surface area contributed by atoms with Crippen LogP contribution in [0, 0.1) is 0 Å². The van der Waals surface area contributed by atoms with Crippen molar-refractivity contribution in [2.24, 2.45) is 0 Å². The van der Waals surface area contributed by atoms with Gasteiger partial charge in [0, 0.05) is 19.0 Å². The molecule has 0 aliphatic heterocycles. The van der Waals surface area contributed by atoms with E-state index in [-0.39, 0.29) is 17.5 Å². The first-order chi connectivity index (χ1) is 17.1. The van der Waals surface area contributed by atoms with Gasteiger partial charge in [-0.05, 0) is 30.0 Å². The van der Waals surface area contributed by atoms with E-state index in [0.717, 1.165) is 11.1 Å². The predicted molar refractivity (Wildman–Crippen MR) is 136 cm³/mol. The number of hydrogen-bond acceptors (Lipinski definition) is 5. The first-order valence-corrected chi connectivity index (χ1v) is 11.6. The number of ether oxygens (including phenoxy) is 2. The molecule has 180 valence electrons. The second-order valence-corrected chi connectivity index (χ2v) is 8.29. The van der Waals surface area contributed by atoms with E-state index in [1.807, 2.05) is 48.5 Å². The quantitative estimate of drug-likeness (QED) is 0.373. The second kappa shape index (κ2) is 11.3. The molecular formula is C28H29N3O4. The standard InChI is InChI=1S/C28H29N3O4/c1-34-25-17-22-24(18-26(25)35-2)29-19-31(28(22)33)15-9-14-27(32)30-23(21-12-7-4-8-13-21)16-20-10-5-3-6-11-20/h3-8,10-13,17-19,23H,9,14-16H2,1-2H3,(H,30,32). The van der Waals surface area contributed by atoms with Gasteiger partial charge in [-0.2, -0.15) is 0 Å². The van der Waals surface area contributed by atoms with Crippen molar-refractivity contribution >= 4 is 16.8 Å². The third kappa shape index (κ3) is 5.87. The van der Waals surface area contributed by atoms with Crippen LogP contribution in [0.1, 0.15) is 30.0 Å². The van der Waals surface area contributed by atoms with E-state index < -0.39 is 0 Å². The Morgan fingerprint density at radius 3 is 2.31 bits per heavy atom. The SMILES string of the molecule is COc1cc2ncn(CCCC(=O)NC(Cc3ccccc3)c3ccccc3)c(=O)c2cc1OC. The molecule has 0 aliphatic carbocycles. The first kappa shape index (κ1) is 24.0. The summed E-state index contributed by atoms with van der Waals surface area (Å²) < 4.78 is 12.1. The summed E-state index contributed by atoms with van der Waals surface area (Å²) >= 11 is 0. The lowest BCUT2D eigenvalue weighted by molar-refractivity contribution is -0.122. The molecule has 1 aromatic heterocycles. The van der Waals surface area contributed by atoms with E-state index >= 15 is 0 Å². The van der Waals surface area contributed by atoms with Crippen molar-refractivity contribution in [3.63, 3.8) is 0 Å². The van der Waals surface area contributed by atoms with Crippen LogP contribution in [0.2, 0.25) is 0 Å². The van der Waals surface area contributed by atoms with Crippen molar-refractivity contribution in [1.82, 2.24) is 14.9 Å². The first-order valence-electron chi connectivity index (χ1n) is 11.6. The Morgan fingerprint density at radius 2 is 1.63 bits per heavy atom. The molecule has 0 fully saturated rings. The summed E-state index contributed by atoms with van der Waals surface area (Å²) in [5.41, 5.74) is 2.57. The van der Waals surface area contributed by atoms with E-state index in [1.165, 1.54) is 25.1 Å². The molecule has 0 bridgehead atoms. The largest absolute Gasteiger partial charge is 0.493 e. The molecule has 0 saturated carbocycles. The molecule has 1 heterocycles.